The van der Waals surface area contributed by atoms with Crippen LogP contribution in [0.25, 0.3) is 40.3 Å². The second-order valence-corrected chi connectivity index (χ2v) is 27.5. The lowest BCUT2D eigenvalue weighted by Crippen LogP contribution is -2.02. The number of thiophene rings is 4. The Morgan fingerprint density at radius 3 is 1.14 bits per heavy atom. The molecule has 446 valence electrons. The molecule has 5 aromatic carbocycles. The maximum Gasteiger partial charge on any atom is 0.330 e. The van der Waals surface area contributed by atoms with E-state index in [1.54, 1.807) is 34.8 Å². The average Bonchev–Trinajstić information content (AvgIpc) is 2.41. The molecule has 0 aliphatic carbocycles. The molecule has 9 aromatic rings. The lowest BCUT2D eigenvalue weighted by atomic mass is 10.2. The molecule has 0 fully saturated rings. The number of carbonyl (C=O) groups is 1. The van der Waals surface area contributed by atoms with Gasteiger partial charge in [0.15, 0.2) is 0 Å². The van der Waals surface area contributed by atoms with E-state index < -0.39 is 0 Å². The third-order valence-electron chi connectivity index (χ3n) is 12.7. The number of rotatable bonds is 31. The van der Waals surface area contributed by atoms with E-state index in [1.807, 2.05) is 95.5 Å². The Hall–Kier alpha value is -5.99. The predicted octanol–water partition coefficient (Wildman–Crippen LogP) is 19.7. The second kappa shape index (κ2) is 39.0. The summed E-state index contributed by atoms with van der Waals surface area (Å²) in [5.41, 5.74) is 2.78. The molecular formula is C71H70I2O9S4. The zero-order valence-electron chi connectivity index (χ0n) is 48.2. The molecule has 0 spiro atoms. The minimum absolute atomic E-state index is 0.366. The smallest absolute Gasteiger partial charge is 0.330 e. The van der Waals surface area contributed by atoms with Crippen molar-refractivity contribution in [3.8, 4) is 53.3 Å². The van der Waals surface area contributed by atoms with Crippen LogP contribution in [-0.4, -0.2) is 58.8 Å². The first-order valence-electron chi connectivity index (χ1n) is 28.6. The Labute approximate surface area is 549 Å². The zero-order chi connectivity index (χ0) is 60.4. The summed E-state index contributed by atoms with van der Waals surface area (Å²) in [5, 5.41) is 5.16. The Balaban J connectivity index is 0.000000250. The van der Waals surface area contributed by atoms with Gasteiger partial charge in [-0.05, 0) is 252 Å². The number of fused-ring (bicyclic) bond motifs is 4. The molecule has 86 heavy (non-hydrogen) atoms. The quantitative estimate of drug-likeness (QED) is 0.00616. The predicted molar refractivity (Wildman–Crippen MR) is 376 cm³/mol. The first-order chi connectivity index (χ1) is 42.2. The number of esters is 1. The third-order valence-corrected chi connectivity index (χ3v) is 18.4. The van der Waals surface area contributed by atoms with Gasteiger partial charge in [0.1, 0.15) is 30.5 Å². The van der Waals surface area contributed by atoms with Crippen LogP contribution < -0.4 is 14.2 Å². The Kier molecular flexibility index (Phi) is 30.6. The molecule has 0 aliphatic heterocycles. The highest BCUT2D eigenvalue weighted by Gasteiger charge is 2.08. The minimum Gasteiger partial charge on any atom is -0.494 e. The Bertz CT molecular complexity index is 3560. The van der Waals surface area contributed by atoms with E-state index in [1.165, 1.54) is 52.2 Å². The summed E-state index contributed by atoms with van der Waals surface area (Å²) in [6.07, 6.45) is 22.0. The highest BCUT2D eigenvalue weighted by Crippen LogP contribution is 2.36. The van der Waals surface area contributed by atoms with Crippen LogP contribution in [0.15, 0.2) is 159 Å². The molecule has 0 atom stereocenters. The maximum atomic E-state index is 11.0. The van der Waals surface area contributed by atoms with Crippen molar-refractivity contribution < 1.29 is 43.3 Å². The molecule has 0 amide bonds. The van der Waals surface area contributed by atoms with Crippen LogP contribution >= 0.6 is 90.5 Å². The number of halogens is 2. The lowest BCUT2D eigenvalue weighted by Gasteiger charge is -2.06. The van der Waals surface area contributed by atoms with Crippen LogP contribution in [0.5, 0.6) is 17.2 Å². The van der Waals surface area contributed by atoms with Crippen molar-refractivity contribution in [2.45, 2.75) is 77.0 Å². The normalized spacial score (nSPS) is 10.6. The van der Waals surface area contributed by atoms with Crippen molar-refractivity contribution in [1.82, 2.24) is 0 Å². The summed E-state index contributed by atoms with van der Waals surface area (Å²) in [6.45, 7) is 15.1. The van der Waals surface area contributed by atoms with Crippen molar-refractivity contribution >= 4 is 137 Å². The molecule has 15 heteroatoms. The second-order valence-electron chi connectivity index (χ2n) is 19.3. The van der Waals surface area contributed by atoms with Gasteiger partial charge in [0, 0.05) is 41.6 Å². The van der Waals surface area contributed by atoms with Gasteiger partial charge in [-0.15, -0.1) is 64.9 Å². The van der Waals surface area contributed by atoms with E-state index in [-0.39, 0.29) is 5.97 Å². The van der Waals surface area contributed by atoms with Crippen molar-refractivity contribution in [1.29, 1.82) is 0 Å². The number of hydrogen-bond acceptors (Lipinski definition) is 13. The molecular weight excluding hydrogens is 1380 g/mol. The first kappa shape index (κ1) is 67.5. The van der Waals surface area contributed by atoms with Crippen LogP contribution in [0.3, 0.4) is 0 Å². The van der Waals surface area contributed by atoms with Gasteiger partial charge < -0.3 is 18.9 Å². The van der Waals surface area contributed by atoms with Crippen LogP contribution in [0.4, 0.5) is 0 Å². The summed E-state index contributed by atoms with van der Waals surface area (Å²) in [7, 11) is 0. The molecule has 0 saturated heterocycles. The van der Waals surface area contributed by atoms with Gasteiger partial charge in [0.05, 0.1) is 55.2 Å². The standard InChI is InChI=1S/C44H44O6S2.C17H22O3.C10H4I2S2/c1-3-25-49-50-29-12-8-7-10-27-47-39-21-15-35(16-22-39)18-24-41-31-37-33-42-36(32-43(37)52-41)30-40(51-42)23-17-34-13-19-38(20-14-34)46-26-9-5-6-11-28-48-44(45)4-2;1-3-13-19-20-15-8-6-5-7-14-18-17-11-9-16(4-2)10-12-17;11-9-3-5-1-7-6(2-8(5)14-9)4-10(12)13-7/h3-4,13-16,19-22,30-33H,1-2,5-12,25-29H2;2-3,9-12H,1,5-8,13-15H2;1-4H. The van der Waals surface area contributed by atoms with Crippen LogP contribution in [-0.2, 0) is 29.1 Å². The minimum atomic E-state index is -0.366. The van der Waals surface area contributed by atoms with E-state index in [0.717, 1.165) is 127 Å². The van der Waals surface area contributed by atoms with Crippen molar-refractivity contribution in [2.24, 2.45) is 0 Å². The maximum absolute atomic E-state index is 11.0. The monoisotopic (exact) mass is 1450 g/mol. The van der Waals surface area contributed by atoms with E-state index in [9.17, 15) is 4.79 Å². The summed E-state index contributed by atoms with van der Waals surface area (Å²) >= 11 is 11.9. The van der Waals surface area contributed by atoms with Gasteiger partial charge in [-0.3, -0.25) is 0 Å². The summed E-state index contributed by atoms with van der Waals surface area (Å²) in [5.74, 6) is 18.1. The fourth-order valence-corrected chi connectivity index (χ4v) is 13.9. The third kappa shape index (κ3) is 24.6. The number of terminal acetylenes is 1. The zero-order valence-corrected chi connectivity index (χ0v) is 55.8. The van der Waals surface area contributed by atoms with Gasteiger partial charge in [-0.25, -0.2) is 24.3 Å². The molecule has 9 nitrogen and oxygen atoms in total. The van der Waals surface area contributed by atoms with E-state index in [0.29, 0.717) is 46.2 Å². The molecule has 0 bridgehead atoms. The van der Waals surface area contributed by atoms with Gasteiger partial charge in [0.25, 0.3) is 0 Å². The SMILES string of the molecule is C#Cc1ccc(OCCCCCCOOCC=C)cc1.C=CCOOCCCCCCOc1ccc(C#Cc2cc3cc4sc(C#Cc5ccc(OCCCCCCOC(=O)C=C)cc5)cc4cc3s2)cc1.Ic1cc2cc3sc(I)cc3cc2s1. The van der Waals surface area contributed by atoms with E-state index in [4.69, 9.17) is 44.9 Å². The number of benzene rings is 5. The Morgan fingerprint density at radius 1 is 0.419 bits per heavy atom. The lowest BCUT2D eigenvalue weighted by molar-refractivity contribution is -0.286. The van der Waals surface area contributed by atoms with E-state index in [2.05, 4.69) is 143 Å². The largest absolute Gasteiger partial charge is 0.494 e. The highest BCUT2D eigenvalue weighted by molar-refractivity contribution is 14.1. The number of hydrogen-bond donors (Lipinski definition) is 0. The number of ether oxygens (including phenoxy) is 4. The molecule has 0 N–H and O–H groups in total. The fraction of sp³-hybridized carbons (Fsp3) is 0.282. The summed E-state index contributed by atoms with van der Waals surface area (Å²) < 4.78 is 30.4. The topological polar surface area (TPSA) is 90.9 Å². The van der Waals surface area contributed by atoms with Crippen molar-refractivity contribution in [2.75, 3.05) is 52.9 Å². The molecule has 0 aliphatic rings. The van der Waals surface area contributed by atoms with Crippen LogP contribution in [0.1, 0.15) is 103 Å². The first-order valence-corrected chi connectivity index (χ1v) is 34.0. The molecule has 4 heterocycles. The van der Waals surface area contributed by atoms with Crippen LogP contribution in [0, 0.1) is 41.8 Å². The van der Waals surface area contributed by atoms with Gasteiger partial charge in [0.2, 0.25) is 0 Å². The average molecular weight is 1450 g/mol. The molecule has 4 aromatic heterocycles. The summed E-state index contributed by atoms with van der Waals surface area (Å²) in [6, 6.07) is 41.4. The van der Waals surface area contributed by atoms with E-state index >= 15 is 0 Å². The molecule has 9 rings (SSSR count). The number of unbranched alkanes of at least 4 members (excludes halogenated alkanes) is 9. The van der Waals surface area contributed by atoms with Gasteiger partial charge in [-0.1, -0.05) is 61.2 Å². The van der Waals surface area contributed by atoms with Crippen LogP contribution in [0.2, 0.25) is 0 Å². The fourth-order valence-electron chi connectivity index (χ4n) is 8.29. The van der Waals surface area contributed by atoms with Gasteiger partial charge >= 0.3 is 5.97 Å². The number of carbonyl (C=O) groups excluding carboxylic acids is 1. The molecule has 0 radical (unpaired) electrons. The summed E-state index contributed by atoms with van der Waals surface area (Å²) in [4.78, 5) is 32.9. The Morgan fingerprint density at radius 2 is 0.767 bits per heavy atom. The molecule has 0 unspecified atom stereocenters. The van der Waals surface area contributed by atoms with Crippen molar-refractivity contribution in [3.05, 3.63) is 192 Å². The molecule has 0 saturated carbocycles. The highest BCUT2D eigenvalue weighted by atomic mass is 127. The van der Waals surface area contributed by atoms with Gasteiger partial charge in [-0.2, -0.15) is 0 Å². The van der Waals surface area contributed by atoms with Crippen molar-refractivity contribution in [3.63, 3.8) is 0 Å².